The minimum Gasteiger partial charge on any atom is -0.478 e. The van der Waals surface area contributed by atoms with Crippen molar-refractivity contribution in [1.29, 1.82) is 0 Å². The fourth-order valence-electron chi connectivity index (χ4n) is 0.242. The first-order valence-electron chi connectivity index (χ1n) is 2.80. The van der Waals surface area contributed by atoms with E-state index in [2.05, 4.69) is 6.58 Å². The molecule has 0 aliphatic carbocycles. The van der Waals surface area contributed by atoms with Crippen molar-refractivity contribution in [2.75, 3.05) is 6.61 Å². The van der Waals surface area contributed by atoms with E-state index in [1.807, 2.05) is 0 Å². The first kappa shape index (κ1) is 14.0. The minimum absolute atomic E-state index is 0.0486. The molecular weight excluding hydrogens is 187 g/mol. The van der Waals surface area contributed by atoms with Crippen molar-refractivity contribution in [3.63, 3.8) is 0 Å². The van der Waals surface area contributed by atoms with E-state index >= 15 is 0 Å². The number of carbonyl (C=O) groups is 1. The Morgan fingerprint density at radius 3 is 1.75 bits per heavy atom. The number of rotatable bonds is 3. The normalized spacial score (nSPS) is 8.75. The zero-order valence-electron chi connectivity index (χ0n) is 6.21. The second kappa shape index (κ2) is 8.58. The maximum atomic E-state index is 9.88. The third-order valence-corrected chi connectivity index (χ3v) is 0.716. The van der Waals surface area contributed by atoms with E-state index in [1.54, 1.807) is 0 Å². The predicted octanol–water partition coefficient (Wildman–Crippen LogP) is -0.800. The van der Waals surface area contributed by atoms with Gasteiger partial charge in [-0.25, -0.2) is 4.79 Å². The molecule has 72 valence electrons. The highest BCUT2D eigenvalue weighted by atomic mass is 31.2. The molecule has 6 nitrogen and oxygen atoms in total. The van der Waals surface area contributed by atoms with Crippen molar-refractivity contribution < 1.29 is 29.7 Å². The molecule has 5 N–H and O–H groups in total. The summed E-state index contributed by atoms with van der Waals surface area (Å²) in [5.41, 5.74) is 0.0486. The Bertz CT molecular complexity index is 142. The van der Waals surface area contributed by atoms with Crippen LogP contribution >= 0.6 is 8.60 Å². The van der Waals surface area contributed by atoms with E-state index in [-0.39, 0.29) is 18.6 Å². The lowest BCUT2D eigenvalue weighted by molar-refractivity contribution is -0.132. The quantitative estimate of drug-likeness (QED) is 0.299. The first-order chi connectivity index (χ1) is 5.41. The van der Waals surface area contributed by atoms with Gasteiger partial charge in [0.15, 0.2) is 0 Å². The summed E-state index contributed by atoms with van der Waals surface area (Å²) in [7, 11) is -2.62. The minimum atomic E-state index is -2.62. The molecule has 12 heavy (non-hydrogen) atoms. The Kier molecular flexibility index (Phi) is 10.0. The van der Waals surface area contributed by atoms with Crippen molar-refractivity contribution in [3.8, 4) is 0 Å². The van der Waals surface area contributed by atoms with Crippen LogP contribution in [0.1, 0.15) is 6.42 Å². The van der Waals surface area contributed by atoms with Gasteiger partial charge < -0.3 is 24.9 Å². The van der Waals surface area contributed by atoms with Crippen LogP contribution in [0.25, 0.3) is 0 Å². The lowest BCUT2D eigenvalue weighted by atomic mass is 10.2. The predicted molar refractivity (Wildman–Crippen MR) is 42.1 cm³/mol. The van der Waals surface area contributed by atoms with Crippen LogP contribution in [0.4, 0.5) is 0 Å². The van der Waals surface area contributed by atoms with Gasteiger partial charge in [-0.1, -0.05) is 6.58 Å². The number of carboxylic acid groups (broad SMARTS) is 1. The second-order valence-electron chi connectivity index (χ2n) is 1.65. The molecule has 0 saturated heterocycles. The highest BCUT2D eigenvalue weighted by Crippen LogP contribution is 2.11. The van der Waals surface area contributed by atoms with Crippen LogP contribution in [-0.2, 0) is 4.79 Å². The molecule has 0 aliphatic heterocycles. The molecular formula is C5H11O6P. The molecule has 0 aromatic heterocycles. The van der Waals surface area contributed by atoms with Crippen molar-refractivity contribution in [2.45, 2.75) is 6.42 Å². The van der Waals surface area contributed by atoms with Crippen molar-refractivity contribution in [1.82, 2.24) is 0 Å². The Labute approximate surface area is 70.4 Å². The van der Waals surface area contributed by atoms with E-state index in [1.165, 1.54) is 0 Å². The molecule has 0 fully saturated rings. The fourth-order valence-corrected chi connectivity index (χ4v) is 0.242. The molecule has 0 atom stereocenters. The maximum absolute atomic E-state index is 9.88. The fraction of sp³-hybridized carbons (Fsp3) is 0.400. The highest BCUT2D eigenvalue weighted by molar-refractivity contribution is 7.38. The average molecular weight is 198 g/mol. The van der Waals surface area contributed by atoms with E-state index in [4.69, 9.17) is 24.9 Å². The molecule has 0 amide bonds. The van der Waals surface area contributed by atoms with Crippen LogP contribution in [-0.4, -0.2) is 37.5 Å². The summed E-state index contributed by atoms with van der Waals surface area (Å²) in [5, 5.41) is 16.3. The summed E-state index contributed by atoms with van der Waals surface area (Å²) in [6.07, 6.45) is 0.148. The second-order valence-corrected chi connectivity index (χ2v) is 2.19. The largest absolute Gasteiger partial charge is 0.478 e. The van der Waals surface area contributed by atoms with Gasteiger partial charge >= 0.3 is 14.6 Å². The van der Waals surface area contributed by atoms with Crippen LogP contribution < -0.4 is 0 Å². The highest BCUT2D eigenvalue weighted by Gasteiger charge is 1.99. The number of carboxylic acids is 1. The van der Waals surface area contributed by atoms with Crippen LogP contribution in [0, 0.1) is 0 Å². The number of hydrogen-bond donors (Lipinski definition) is 5. The molecule has 0 rings (SSSR count). The number of hydrogen-bond acceptors (Lipinski definition) is 5. The molecule has 0 aromatic rings. The smallest absolute Gasteiger partial charge is 0.331 e. The van der Waals surface area contributed by atoms with Crippen LogP contribution in [0.2, 0.25) is 0 Å². The SMILES string of the molecule is C=C(CCO)C(=O)O.OP(O)O. The zero-order chi connectivity index (χ0) is 10.1. The number of aliphatic carboxylic acids is 1. The van der Waals surface area contributed by atoms with Crippen molar-refractivity contribution in [2.24, 2.45) is 0 Å². The summed E-state index contributed by atoms with van der Waals surface area (Å²) in [5.74, 6) is -1.04. The molecule has 0 heterocycles. The van der Waals surface area contributed by atoms with Crippen LogP contribution in [0.15, 0.2) is 12.2 Å². The van der Waals surface area contributed by atoms with Gasteiger partial charge in [0.25, 0.3) is 0 Å². The standard InChI is InChI=1S/C5H8O3.H3O3P/c1-4(2-3-6)5(7)8;1-4(2)3/h6H,1-3H2,(H,7,8);1-3H. The Morgan fingerprint density at radius 2 is 1.67 bits per heavy atom. The van der Waals surface area contributed by atoms with Gasteiger partial charge in [0.05, 0.1) is 0 Å². The van der Waals surface area contributed by atoms with Gasteiger partial charge in [0.1, 0.15) is 0 Å². The topological polar surface area (TPSA) is 118 Å². The molecule has 0 aromatic carbocycles. The van der Waals surface area contributed by atoms with Gasteiger partial charge in [-0.15, -0.1) is 0 Å². The third-order valence-electron chi connectivity index (χ3n) is 0.716. The number of aliphatic hydroxyl groups excluding tert-OH is 1. The van der Waals surface area contributed by atoms with Crippen molar-refractivity contribution in [3.05, 3.63) is 12.2 Å². The molecule has 7 heteroatoms. The molecule has 0 bridgehead atoms. The summed E-state index contributed by atoms with van der Waals surface area (Å²) < 4.78 is 0. The van der Waals surface area contributed by atoms with E-state index in [0.717, 1.165) is 0 Å². The lowest BCUT2D eigenvalue weighted by Gasteiger charge is -1.91. The monoisotopic (exact) mass is 198 g/mol. The van der Waals surface area contributed by atoms with Crippen molar-refractivity contribution >= 4 is 14.6 Å². The van der Waals surface area contributed by atoms with E-state index in [9.17, 15) is 4.79 Å². The Balaban J connectivity index is 0. The molecule has 0 unspecified atom stereocenters. The number of aliphatic hydroxyl groups is 1. The van der Waals surface area contributed by atoms with Gasteiger partial charge in [0, 0.05) is 18.6 Å². The van der Waals surface area contributed by atoms with Gasteiger partial charge in [-0.2, -0.15) is 0 Å². The Morgan fingerprint density at radius 1 is 1.33 bits per heavy atom. The van der Waals surface area contributed by atoms with Gasteiger partial charge in [-0.3, -0.25) is 0 Å². The van der Waals surface area contributed by atoms with E-state index in [0.29, 0.717) is 0 Å². The molecule has 0 saturated carbocycles. The summed E-state index contributed by atoms with van der Waals surface area (Å²) in [4.78, 5) is 31.6. The third kappa shape index (κ3) is 16.2. The summed E-state index contributed by atoms with van der Waals surface area (Å²) in [6, 6.07) is 0. The van der Waals surface area contributed by atoms with Crippen LogP contribution in [0.5, 0.6) is 0 Å². The molecule has 0 radical (unpaired) electrons. The first-order valence-corrected chi connectivity index (χ1v) is 4.00. The average Bonchev–Trinajstić information content (AvgIpc) is 1.86. The summed E-state index contributed by atoms with van der Waals surface area (Å²) in [6.45, 7) is 3.04. The molecule has 0 spiro atoms. The lowest BCUT2D eigenvalue weighted by Crippen LogP contribution is -2.00. The molecule has 0 aliphatic rings. The van der Waals surface area contributed by atoms with E-state index < -0.39 is 14.6 Å². The maximum Gasteiger partial charge on any atom is 0.331 e. The zero-order valence-corrected chi connectivity index (χ0v) is 7.11. The summed E-state index contributed by atoms with van der Waals surface area (Å²) >= 11 is 0. The van der Waals surface area contributed by atoms with Gasteiger partial charge in [-0.05, 0) is 0 Å². The Hall–Kier alpha value is -0.520. The van der Waals surface area contributed by atoms with Gasteiger partial charge in [0.2, 0.25) is 0 Å². The van der Waals surface area contributed by atoms with Crippen LogP contribution in [0.3, 0.4) is 0 Å².